The normalized spacial score (nSPS) is 18.0. The highest BCUT2D eigenvalue weighted by Crippen LogP contribution is 2.21. The number of nitro groups is 1. The Morgan fingerprint density at radius 2 is 2.16 bits per heavy atom. The van der Waals surface area contributed by atoms with Crippen LogP contribution in [-0.4, -0.2) is 45.2 Å². The summed E-state index contributed by atoms with van der Waals surface area (Å²) >= 11 is 0. The molecule has 19 heavy (non-hydrogen) atoms. The number of hydrogen-bond acceptors (Lipinski definition) is 4. The zero-order chi connectivity index (χ0) is 14.2. The number of H-pyrrole nitrogens is 1. The third kappa shape index (κ3) is 2.16. The Morgan fingerprint density at radius 3 is 2.74 bits per heavy atom. The smallest absolute Gasteiger partial charge is 0.321 e. The minimum atomic E-state index is -0.977. The Labute approximate surface area is 108 Å². The van der Waals surface area contributed by atoms with E-state index in [1.165, 1.54) is 17.0 Å². The standard InChI is InChI=1S/C11H14N4O4/c1-11(2)10(17)12-5-6-14(11)9(16)7-3-4-8(13-7)15(18)19/h3-4,13H,5-6H2,1-2H3,(H,12,17). The van der Waals surface area contributed by atoms with E-state index in [9.17, 15) is 19.7 Å². The fourth-order valence-corrected chi connectivity index (χ4v) is 2.02. The lowest BCUT2D eigenvalue weighted by Crippen LogP contribution is -2.63. The lowest BCUT2D eigenvalue weighted by Gasteiger charge is -2.40. The van der Waals surface area contributed by atoms with Gasteiger partial charge in [-0.3, -0.25) is 9.59 Å². The van der Waals surface area contributed by atoms with Gasteiger partial charge in [0.15, 0.2) is 5.69 Å². The van der Waals surface area contributed by atoms with Crippen molar-refractivity contribution in [1.29, 1.82) is 0 Å². The van der Waals surface area contributed by atoms with Crippen molar-refractivity contribution in [2.24, 2.45) is 0 Å². The van der Waals surface area contributed by atoms with E-state index in [2.05, 4.69) is 10.3 Å². The van der Waals surface area contributed by atoms with E-state index in [1.807, 2.05) is 0 Å². The molecule has 1 aromatic heterocycles. The molecule has 0 bridgehead atoms. The molecule has 102 valence electrons. The number of piperazine rings is 1. The summed E-state index contributed by atoms with van der Waals surface area (Å²) in [5.74, 6) is -0.913. The number of amides is 2. The molecule has 0 spiro atoms. The molecule has 8 nitrogen and oxygen atoms in total. The molecular weight excluding hydrogens is 252 g/mol. The van der Waals surface area contributed by atoms with Crippen LogP contribution in [0.15, 0.2) is 12.1 Å². The summed E-state index contributed by atoms with van der Waals surface area (Å²) in [5, 5.41) is 13.3. The van der Waals surface area contributed by atoms with Crippen LogP contribution in [0.5, 0.6) is 0 Å². The van der Waals surface area contributed by atoms with Crippen molar-refractivity contribution < 1.29 is 14.5 Å². The third-order valence-electron chi connectivity index (χ3n) is 3.19. The lowest BCUT2D eigenvalue weighted by atomic mass is 9.98. The van der Waals surface area contributed by atoms with Crippen LogP contribution in [0.2, 0.25) is 0 Å². The zero-order valence-corrected chi connectivity index (χ0v) is 10.6. The molecule has 2 N–H and O–H groups in total. The molecule has 1 aliphatic rings. The van der Waals surface area contributed by atoms with Crippen LogP contribution in [0.4, 0.5) is 5.82 Å². The van der Waals surface area contributed by atoms with Gasteiger partial charge < -0.3 is 20.3 Å². The van der Waals surface area contributed by atoms with Crippen molar-refractivity contribution in [3.63, 3.8) is 0 Å². The van der Waals surface area contributed by atoms with Gasteiger partial charge in [0.1, 0.15) is 5.54 Å². The van der Waals surface area contributed by atoms with Crippen LogP contribution >= 0.6 is 0 Å². The number of aromatic nitrogens is 1. The highest BCUT2D eigenvalue weighted by molar-refractivity contribution is 5.98. The molecular formula is C11H14N4O4. The lowest BCUT2D eigenvalue weighted by molar-refractivity contribution is -0.389. The van der Waals surface area contributed by atoms with Gasteiger partial charge in [-0.05, 0) is 24.8 Å². The molecule has 2 amide bonds. The first-order valence-corrected chi connectivity index (χ1v) is 5.77. The number of aromatic amines is 1. The summed E-state index contributed by atoms with van der Waals surface area (Å²) < 4.78 is 0. The Balaban J connectivity index is 2.27. The minimum Gasteiger partial charge on any atom is -0.358 e. The fraction of sp³-hybridized carbons (Fsp3) is 0.455. The molecule has 1 aliphatic heterocycles. The topological polar surface area (TPSA) is 108 Å². The molecule has 1 aromatic rings. The molecule has 0 atom stereocenters. The molecule has 0 unspecified atom stereocenters. The van der Waals surface area contributed by atoms with Gasteiger partial charge in [-0.1, -0.05) is 0 Å². The summed E-state index contributed by atoms with van der Waals surface area (Å²) in [6.07, 6.45) is 0. The van der Waals surface area contributed by atoms with Gasteiger partial charge in [0.25, 0.3) is 5.91 Å². The van der Waals surface area contributed by atoms with Crippen molar-refractivity contribution in [1.82, 2.24) is 15.2 Å². The molecule has 2 heterocycles. The average molecular weight is 266 g/mol. The Morgan fingerprint density at radius 1 is 1.47 bits per heavy atom. The van der Waals surface area contributed by atoms with E-state index in [0.717, 1.165) is 0 Å². The van der Waals surface area contributed by atoms with E-state index in [4.69, 9.17) is 0 Å². The van der Waals surface area contributed by atoms with Crippen molar-refractivity contribution >= 4 is 17.6 Å². The van der Waals surface area contributed by atoms with Gasteiger partial charge in [0.2, 0.25) is 5.91 Å². The maximum absolute atomic E-state index is 12.3. The maximum atomic E-state index is 12.3. The number of carbonyl (C=O) groups excluding carboxylic acids is 2. The second kappa shape index (κ2) is 4.38. The van der Waals surface area contributed by atoms with Gasteiger partial charge >= 0.3 is 5.82 Å². The summed E-state index contributed by atoms with van der Waals surface area (Å²) in [4.78, 5) is 37.9. The molecule has 2 rings (SSSR count). The van der Waals surface area contributed by atoms with Gasteiger partial charge in [-0.15, -0.1) is 0 Å². The number of hydrogen-bond donors (Lipinski definition) is 2. The van der Waals surface area contributed by atoms with Crippen LogP contribution < -0.4 is 5.32 Å². The van der Waals surface area contributed by atoms with Crippen LogP contribution in [0.3, 0.4) is 0 Å². The average Bonchev–Trinajstić information content (AvgIpc) is 2.81. The highest BCUT2D eigenvalue weighted by Gasteiger charge is 2.41. The van der Waals surface area contributed by atoms with Crippen molar-refractivity contribution in [3.8, 4) is 0 Å². The van der Waals surface area contributed by atoms with E-state index in [-0.39, 0.29) is 17.4 Å². The molecule has 0 aromatic carbocycles. The number of rotatable bonds is 2. The maximum Gasteiger partial charge on any atom is 0.321 e. The first-order valence-electron chi connectivity index (χ1n) is 5.77. The van der Waals surface area contributed by atoms with E-state index >= 15 is 0 Å². The summed E-state index contributed by atoms with van der Waals surface area (Å²) in [7, 11) is 0. The molecule has 0 aliphatic carbocycles. The Bertz CT molecular complexity index is 549. The van der Waals surface area contributed by atoms with Crippen LogP contribution in [-0.2, 0) is 4.79 Å². The van der Waals surface area contributed by atoms with Gasteiger partial charge in [-0.25, -0.2) is 4.98 Å². The monoisotopic (exact) mass is 266 g/mol. The Hall–Kier alpha value is -2.38. The van der Waals surface area contributed by atoms with Crippen molar-refractivity contribution in [3.05, 3.63) is 27.9 Å². The van der Waals surface area contributed by atoms with Gasteiger partial charge in [0.05, 0.1) is 0 Å². The first-order chi connectivity index (χ1) is 8.84. The SMILES string of the molecule is CC1(C)C(=O)NCCN1C(=O)c1ccc([N+](=O)[O-])[nH]1. The van der Waals surface area contributed by atoms with Crippen LogP contribution in [0.1, 0.15) is 24.3 Å². The van der Waals surface area contributed by atoms with Crippen LogP contribution in [0.25, 0.3) is 0 Å². The highest BCUT2D eigenvalue weighted by atomic mass is 16.6. The quantitative estimate of drug-likeness (QED) is 0.591. The van der Waals surface area contributed by atoms with Gasteiger partial charge in [-0.2, -0.15) is 0 Å². The van der Waals surface area contributed by atoms with Crippen LogP contribution in [0, 0.1) is 10.1 Å². The summed E-state index contributed by atoms with van der Waals surface area (Å²) in [5.41, 5.74) is -0.871. The first kappa shape index (κ1) is 13.1. The number of carbonyl (C=O) groups is 2. The fourth-order valence-electron chi connectivity index (χ4n) is 2.02. The minimum absolute atomic E-state index is 0.106. The molecule has 0 saturated carbocycles. The number of nitrogens with zero attached hydrogens (tertiary/aromatic N) is 2. The Kier molecular flexibility index (Phi) is 3.01. The third-order valence-corrected chi connectivity index (χ3v) is 3.19. The molecule has 8 heteroatoms. The van der Waals surface area contributed by atoms with E-state index < -0.39 is 16.4 Å². The second-order valence-corrected chi connectivity index (χ2v) is 4.79. The van der Waals surface area contributed by atoms with Crippen molar-refractivity contribution in [2.45, 2.75) is 19.4 Å². The van der Waals surface area contributed by atoms with E-state index in [0.29, 0.717) is 13.1 Å². The molecule has 1 fully saturated rings. The largest absolute Gasteiger partial charge is 0.358 e. The second-order valence-electron chi connectivity index (χ2n) is 4.79. The summed E-state index contributed by atoms with van der Waals surface area (Å²) in [6, 6.07) is 2.58. The zero-order valence-electron chi connectivity index (χ0n) is 10.6. The predicted octanol–water partition coefficient (Wildman–Crippen LogP) is 0.273. The van der Waals surface area contributed by atoms with Gasteiger partial charge in [0, 0.05) is 19.2 Å². The number of nitrogens with one attached hydrogen (secondary N) is 2. The predicted molar refractivity (Wildman–Crippen MR) is 65.6 cm³/mol. The summed E-state index contributed by atoms with van der Waals surface area (Å²) in [6.45, 7) is 4.01. The molecule has 1 saturated heterocycles. The van der Waals surface area contributed by atoms with E-state index in [1.54, 1.807) is 13.8 Å². The molecule has 0 radical (unpaired) electrons. The van der Waals surface area contributed by atoms with Crippen molar-refractivity contribution in [2.75, 3.05) is 13.1 Å².